The number of rotatable bonds is 6. The Bertz CT molecular complexity index is 689. The van der Waals surface area contributed by atoms with Gasteiger partial charge in [0.25, 0.3) is 0 Å². The van der Waals surface area contributed by atoms with Crippen LogP contribution in [0.15, 0.2) is 54.6 Å². The van der Waals surface area contributed by atoms with Crippen molar-refractivity contribution in [2.75, 3.05) is 31.2 Å². The number of urea groups is 1. The van der Waals surface area contributed by atoms with Gasteiger partial charge in [0.15, 0.2) is 0 Å². The van der Waals surface area contributed by atoms with Crippen molar-refractivity contribution in [3.8, 4) is 0 Å². The third-order valence-corrected chi connectivity index (χ3v) is 4.51. The number of nitrogens with zero attached hydrogens (tertiary/aromatic N) is 1. The molecule has 5 heteroatoms. The molecule has 0 heterocycles. The molecule has 0 bridgehead atoms. The second-order valence-electron chi connectivity index (χ2n) is 6.27. The summed E-state index contributed by atoms with van der Waals surface area (Å²) in [4.78, 5) is 14.2. The van der Waals surface area contributed by atoms with Crippen molar-refractivity contribution in [2.45, 2.75) is 18.4 Å². The van der Waals surface area contributed by atoms with Crippen molar-refractivity contribution < 1.29 is 4.79 Å². The first-order valence-corrected chi connectivity index (χ1v) is 8.29. The van der Waals surface area contributed by atoms with E-state index < -0.39 is 0 Å². The van der Waals surface area contributed by atoms with E-state index in [9.17, 15) is 4.79 Å². The zero-order chi connectivity index (χ0) is 16.9. The van der Waals surface area contributed by atoms with Gasteiger partial charge in [-0.2, -0.15) is 0 Å². The average Bonchev–Trinajstić information content (AvgIpc) is 3.38. The van der Waals surface area contributed by atoms with E-state index in [1.54, 1.807) is 12.1 Å². The lowest BCUT2D eigenvalue weighted by Crippen LogP contribution is -2.36. The molecule has 0 aromatic heterocycles. The smallest absolute Gasteiger partial charge is 0.319 e. The Morgan fingerprint density at radius 2 is 1.88 bits per heavy atom. The molecule has 2 aromatic carbocycles. The molecule has 2 unspecified atom stereocenters. The van der Waals surface area contributed by atoms with Crippen LogP contribution in [-0.4, -0.2) is 37.1 Å². The monoisotopic (exact) mass is 324 g/mol. The molecule has 1 aliphatic rings. The van der Waals surface area contributed by atoms with Gasteiger partial charge in [-0.25, -0.2) is 4.79 Å². The van der Waals surface area contributed by atoms with Crippen molar-refractivity contribution in [3.05, 3.63) is 60.2 Å². The summed E-state index contributed by atoms with van der Waals surface area (Å²) in [7, 11) is 2.11. The summed E-state index contributed by atoms with van der Waals surface area (Å²) in [6, 6.07) is 18.2. The Morgan fingerprint density at radius 1 is 1.17 bits per heavy atom. The molecule has 1 aliphatic carbocycles. The largest absolute Gasteiger partial charge is 0.397 e. The van der Waals surface area contributed by atoms with E-state index in [0.29, 0.717) is 29.9 Å². The average molecular weight is 324 g/mol. The number of para-hydroxylation sites is 2. The van der Waals surface area contributed by atoms with Gasteiger partial charge in [-0.15, -0.1) is 0 Å². The number of likely N-dealkylation sites (N-methyl/N-ethyl adjacent to an activating group) is 1. The van der Waals surface area contributed by atoms with E-state index in [4.69, 9.17) is 5.73 Å². The van der Waals surface area contributed by atoms with E-state index in [0.717, 1.165) is 6.54 Å². The lowest BCUT2D eigenvalue weighted by Gasteiger charge is -2.17. The number of amides is 2. The number of hydrogen-bond donors (Lipinski definition) is 3. The van der Waals surface area contributed by atoms with Crippen LogP contribution < -0.4 is 16.4 Å². The maximum Gasteiger partial charge on any atom is 0.319 e. The molecule has 1 saturated carbocycles. The molecule has 126 valence electrons. The highest BCUT2D eigenvalue weighted by Gasteiger charge is 2.40. The Hall–Kier alpha value is -2.53. The van der Waals surface area contributed by atoms with Crippen molar-refractivity contribution in [3.63, 3.8) is 0 Å². The third kappa shape index (κ3) is 4.06. The number of carbonyl (C=O) groups excluding carboxylic acids is 1. The minimum atomic E-state index is -0.225. The Labute approximate surface area is 142 Å². The number of nitrogen functional groups attached to an aromatic ring is 1. The Morgan fingerprint density at radius 3 is 2.62 bits per heavy atom. The summed E-state index contributed by atoms with van der Waals surface area (Å²) >= 11 is 0. The molecular formula is C19H24N4O. The zero-order valence-corrected chi connectivity index (χ0v) is 13.9. The molecule has 0 spiro atoms. The highest BCUT2D eigenvalue weighted by molar-refractivity contribution is 5.92. The van der Waals surface area contributed by atoms with Crippen LogP contribution in [0.25, 0.3) is 0 Å². The van der Waals surface area contributed by atoms with Crippen LogP contribution in [0.4, 0.5) is 16.2 Å². The highest BCUT2D eigenvalue weighted by atomic mass is 16.2. The normalized spacial score (nSPS) is 19.1. The van der Waals surface area contributed by atoms with Crippen LogP contribution in [-0.2, 0) is 0 Å². The van der Waals surface area contributed by atoms with Gasteiger partial charge in [0.1, 0.15) is 0 Å². The molecule has 3 rings (SSSR count). The number of nitrogens with one attached hydrogen (secondary N) is 2. The van der Waals surface area contributed by atoms with Crippen LogP contribution in [0.2, 0.25) is 0 Å². The van der Waals surface area contributed by atoms with Gasteiger partial charge < -0.3 is 21.3 Å². The molecule has 0 saturated heterocycles. The van der Waals surface area contributed by atoms with Gasteiger partial charge in [-0.1, -0.05) is 42.5 Å². The molecule has 2 atom stereocenters. The Balaban J connectivity index is 1.39. The summed E-state index contributed by atoms with van der Waals surface area (Å²) in [5.74, 6) is 0.620. The minimum Gasteiger partial charge on any atom is -0.397 e. The first-order chi connectivity index (χ1) is 11.6. The van der Waals surface area contributed by atoms with Crippen molar-refractivity contribution >= 4 is 17.4 Å². The van der Waals surface area contributed by atoms with E-state index in [-0.39, 0.29) is 6.03 Å². The van der Waals surface area contributed by atoms with Crippen LogP contribution in [0.3, 0.4) is 0 Å². The lowest BCUT2D eigenvalue weighted by molar-refractivity contribution is 0.248. The van der Waals surface area contributed by atoms with E-state index in [2.05, 4.69) is 46.8 Å². The SMILES string of the molecule is CN(CCNC(=O)Nc1ccccc1N)C1CC1c1ccccc1. The van der Waals surface area contributed by atoms with Crippen LogP contribution in [0, 0.1) is 0 Å². The summed E-state index contributed by atoms with van der Waals surface area (Å²) in [5.41, 5.74) is 8.41. The van der Waals surface area contributed by atoms with E-state index in [1.165, 1.54) is 12.0 Å². The van der Waals surface area contributed by atoms with Gasteiger partial charge >= 0.3 is 6.03 Å². The second-order valence-corrected chi connectivity index (χ2v) is 6.27. The zero-order valence-electron chi connectivity index (χ0n) is 13.9. The molecule has 24 heavy (non-hydrogen) atoms. The first-order valence-electron chi connectivity index (χ1n) is 8.29. The van der Waals surface area contributed by atoms with Crippen molar-refractivity contribution in [1.82, 2.24) is 10.2 Å². The molecule has 5 nitrogen and oxygen atoms in total. The van der Waals surface area contributed by atoms with Gasteiger partial charge in [-0.05, 0) is 31.2 Å². The standard InChI is InChI=1S/C19H24N4O/c1-23(18-13-15(18)14-7-3-2-4-8-14)12-11-21-19(24)22-17-10-6-5-9-16(17)20/h2-10,15,18H,11-13,20H2,1H3,(H2,21,22,24). The second kappa shape index (κ2) is 7.36. The van der Waals surface area contributed by atoms with Crippen molar-refractivity contribution in [1.29, 1.82) is 0 Å². The van der Waals surface area contributed by atoms with Crippen LogP contribution >= 0.6 is 0 Å². The van der Waals surface area contributed by atoms with Crippen LogP contribution in [0.5, 0.6) is 0 Å². The number of anilines is 2. The summed E-state index contributed by atoms with van der Waals surface area (Å²) in [6.45, 7) is 1.43. The number of hydrogen-bond acceptors (Lipinski definition) is 3. The van der Waals surface area contributed by atoms with Gasteiger partial charge in [0, 0.05) is 25.0 Å². The minimum absolute atomic E-state index is 0.225. The molecule has 2 amide bonds. The summed E-state index contributed by atoms with van der Waals surface area (Å²) < 4.78 is 0. The molecule has 0 aliphatic heterocycles. The fourth-order valence-corrected chi connectivity index (χ4v) is 3.02. The number of carbonyl (C=O) groups is 1. The highest BCUT2D eigenvalue weighted by Crippen LogP contribution is 2.43. The predicted octanol–water partition coefficient (Wildman–Crippen LogP) is 2.88. The van der Waals surface area contributed by atoms with E-state index >= 15 is 0 Å². The molecule has 4 N–H and O–H groups in total. The fraction of sp³-hybridized carbons (Fsp3) is 0.316. The lowest BCUT2D eigenvalue weighted by atomic mass is 10.1. The van der Waals surface area contributed by atoms with E-state index in [1.807, 2.05) is 18.2 Å². The number of nitrogens with two attached hydrogens (primary N) is 1. The Kier molecular flexibility index (Phi) is 5.01. The summed E-state index contributed by atoms with van der Waals surface area (Å²) in [5, 5.41) is 5.65. The predicted molar refractivity (Wildman–Crippen MR) is 98.1 cm³/mol. The molecule has 0 radical (unpaired) electrons. The van der Waals surface area contributed by atoms with Crippen molar-refractivity contribution in [2.24, 2.45) is 0 Å². The fourth-order valence-electron chi connectivity index (χ4n) is 3.02. The maximum absolute atomic E-state index is 11.9. The third-order valence-electron chi connectivity index (χ3n) is 4.51. The number of benzene rings is 2. The van der Waals surface area contributed by atoms with Gasteiger partial charge in [-0.3, -0.25) is 0 Å². The quantitative estimate of drug-likeness (QED) is 0.716. The molecular weight excluding hydrogens is 300 g/mol. The molecule has 2 aromatic rings. The maximum atomic E-state index is 11.9. The topological polar surface area (TPSA) is 70.4 Å². The van der Waals surface area contributed by atoms with Crippen LogP contribution in [0.1, 0.15) is 17.9 Å². The molecule has 1 fully saturated rings. The summed E-state index contributed by atoms with van der Waals surface area (Å²) in [6.07, 6.45) is 1.19. The van der Waals surface area contributed by atoms with Gasteiger partial charge in [0.2, 0.25) is 0 Å². The first kappa shape index (κ1) is 16.3. The van der Waals surface area contributed by atoms with Gasteiger partial charge in [0.05, 0.1) is 11.4 Å².